The third-order valence-corrected chi connectivity index (χ3v) is 3.07. The number of rotatable bonds is 6. The lowest BCUT2D eigenvalue weighted by molar-refractivity contribution is 0.773. The van der Waals surface area contributed by atoms with Crippen LogP contribution >= 0.6 is 0 Å². The van der Waals surface area contributed by atoms with E-state index in [1.54, 1.807) is 0 Å². The molecule has 1 rings (SSSR count). The van der Waals surface area contributed by atoms with E-state index >= 15 is 0 Å². The van der Waals surface area contributed by atoms with Gasteiger partial charge in [-0.05, 0) is 49.5 Å². The van der Waals surface area contributed by atoms with E-state index in [1.165, 1.54) is 24.0 Å². The SMILES string of the molecule is C=C=C(CCCC)Cc1ccc(C)c(/N=C(/C)N)c1. The molecule has 0 atom stereocenters. The van der Waals surface area contributed by atoms with Crippen molar-refractivity contribution < 1.29 is 0 Å². The highest BCUT2D eigenvalue weighted by molar-refractivity contribution is 5.81. The molecule has 0 radical (unpaired) electrons. The number of nitrogens with two attached hydrogens (primary N) is 1. The Kier molecular flexibility index (Phi) is 6.11. The number of hydrogen-bond donors (Lipinski definition) is 1. The van der Waals surface area contributed by atoms with Gasteiger partial charge in [0, 0.05) is 6.42 Å². The molecule has 0 aliphatic rings. The monoisotopic (exact) mass is 256 g/mol. The standard InChI is InChI=1S/C17H24N2/c1-5-7-8-15(6-2)11-16-10-9-13(3)17(12-16)19-14(4)18/h9-10,12H,2,5,7-8,11H2,1,3-4H3,(H2,18,19). The third kappa shape index (κ3) is 5.15. The van der Waals surface area contributed by atoms with Crippen LogP contribution in [0.25, 0.3) is 0 Å². The second-order valence-electron chi connectivity index (χ2n) is 4.93. The Bertz CT molecular complexity index is 502. The zero-order valence-corrected chi connectivity index (χ0v) is 12.3. The number of unbranched alkanes of at least 4 members (excludes halogenated alkanes) is 1. The van der Waals surface area contributed by atoms with Crippen LogP contribution in [0.4, 0.5) is 5.69 Å². The molecule has 0 aliphatic heterocycles. The van der Waals surface area contributed by atoms with Gasteiger partial charge in [0.05, 0.1) is 11.5 Å². The van der Waals surface area contributed by atoms with Gasteiger partial charge in [-0.2, -0.15) is 0 Å². The highest BCUT2D eigenvalue weighted by atomic mass is 14.8. The van der Waals surface area contributed by atoms with Gasteiger partial charge in [0.15, 0.2) is 0 Å². The first-order valence-corrected chi connectivity index (χ1v) is 6.85. The minimum absolute atomic E-state index is 0.589. The van der Waals surface area contributed by atoms with Gasteiger partial charge in [-0.3, -0.25) is 0 Å². The lowest BCUT2D eigenvalue weighted by Gasteiger charge is -2.08. The fourth-order valence-corrected chi connectivity index (χ4v) is 1.95. The summed E-state index contributed by atoms with van der Waals surface area (Å²) in [4.78, 5) is 4.36. The first-order valence-electron chi connectivity index (χ1n) is 6.85. The van der Waals surface area contributed by atoms with Crippen LogP contribution in [0.3, 0.4) is 0 Å². The molecular weight excluding hydrogens is 232 g/mol. The molecule has 0 spiro atoms. The molecule has 102 valence electrons. The summed E-state index contributed by atoms with van der Waals surface area (Å²) in [5.41, 5.74) is 13.3. The minimum atomic E-state index is 0.589. The normalized spacial score (nSPS) is 11.2. The molecule has 2 heteroatoms. The molecule has 2 N–H and O–H groups in total. The maximum Gasteiger partial charge on any atom is 0.0965 e. The summed E-state index contributed by atoms with van der Waals surface area (Å²) in [5.74, 6) is 0.589. The maximum absolute atomic E-state index is 5.66. The van der Waals surface area contributed by atoms with E-state index in [0.29, 0.717) is 5.84 Å². The summed E-state index contributed by atoms with van der Waals surface area (Å²) in [5, 5.41) is 0. The molecule has 19 heavy (non-hydrogen) atoms. The zero-order chi connectivity index (χ0) is 14.3. The van der Waals surface area contributed by atoms with E-state index in [1.807, 2.05) is 13.8 Å². The van der Waals surface area contributed by atoms with Gasteiger partial charge < -0.3 is 5.73 Å². The molecule has 0 bridgehead atoms. The van der Waals surface area contributed by atoms with E-state index in [0.717, 1.165) is 24.1 Å². The second-order valence-corrected chi connectivity index (χ2v) is 4.93. The van der Waals surface area contributed by atoms with E-state index in [9.17, 15) is 0 Å². The Morgan fingerprint density at radius 3 is 2.74 bits per heavy atom. The van der Waals surface area contributed by atoms with Crippen LogP contribution in [0.15, 0.2) is 41.1 Å². The van der Waals surface area contributed by atoms with Crippen LogP contribution in [0.2, 0.25) is 0 Å². The van der Waals surface area contributed by atoms with Gasteiger partial charge in [0.25, 0.3) is 0 Å². The first kappa shape index (κ1) is 15.3. The zero-order valence-electron chi connectivity index (χ0n) is 12.3. The van der Waals surface area contributed by atoms with E-state index in [2.05, 4.69) is 42.4 Å². The number of nitrogens with zero attached hydrogens (tertiary/aromatic N) is 1. The number of aliphatic imine (C=N–C) groups is 1. The van der Waals surface area contributed by atoms with Crippen molar-refractivity contribution >= 4 is 11.5 Å². The van der Waals surface area contributed by atoms with Gasteiger partial charge in [0.2, 0.25) is 0 Å². The fraction of sp³-hybridized carbons (Fsp3) is 0.412. The van der Waals surface area contributed by atoms with Gasteiger partial charge in [0.1, 0.15) is 0 Å². The summed E-state index contributed by atoms with van der Waals surface area (Å²) in [7, 11) is 0. The average Bonchev–Trinajstić information content (AvgIpc) is 2.37. The van der Waals surface area contributed by atoms with Crippen molar-refractivity contribution in [2.45, 2.75) is 46.5 Å². The molecule has 0 fully saturated rings. The van der Waals surface area contributed by atoms with E-state index in [4.69, 9.17) is 5.73 Å². The highest BCUT2D eigenvalue weighted by Gasteiger charge is 2.03. The first-order chi connectivity index (χ1) is 9.06. The molecular formula is C17H24N2. The summed E-state index contributed by atoms with van der Waals surface area (Å²) in [6.45, 7) is 9.84. The molecule has 0 unspecified atom stereocenters. The summed E-state index contributed by atoms with van der Waals surface area (Å²) < 4.78 is 0. The van der Waals surface area contributed by atoms with Gasteiger partial charge in [-0.1, -0.05) is 32.1 Å². The summed E-state index contributed by atoms with van der Waals surface area (Å²) in [6.07, 6.45) is 4.36. The lowest BCUT2D eigenvalue weighted by Crippen LogP contribution is -2.04. The minimum Gasteiger partial charge on any atom is -0.387 e. The topological polar surface area (TPSA) is 38.4 Å². The highest BCUT2D eigenvalue weighted by Crippen LogP contribution is 2.22. The van der Waals surface area contributed by atoms with Crippen molar-refractivity contribution in [1.82, 2.24) is 0 Å². The van der Waals surface area contributed by atoms with Crippen molar-refractivity contribution in [3.8, 4) is 0 Å². The predicted octanol–water partition coefficient (Wildman–Crippen LogP) is 4.45. The van der Waals surface area contributed by atoms with Crippen LogP contribution in [0.1, 0.15) is 44.2 Å². The number of amidine groups is 1. The number of aryl methyl sites for hydroxylation is 1. The van der Waals surface area contributed by atoms with E-state index in [-0.39, 0.29) is 0 Å². The van der Waals surface area contributed by atoms with Gasteiger partial charge in [-0.15, -0.1) is 5.73 Å². The van der Waals surface area contributed by atoms with Crippen LogP contribution < -0.4 is 5.73 Å². The van der Waals surface area contributed by atoms with Crippen LogP contribution in [-0.2, 0) is 6.42 Å². The van der Waals surface area contributed by atoms with Crippen molar-refractivity contribution in [2.75, 3.05) is 0 Å². The Balaban J connectivity index is 2.90. The molecule has 0 saturated heterocycles. The third-order valence-electron chi connectivity index (χ3n) is 3.07. The molecule has 0 aliphatic carbocycles. The number of allylic oxidation sites excluding steroid dienone is 1. The molecule has 2 nitrogen and oxygen atoms in total. The summed E-state index contributed by atoms with van der Waals surface area (Å²) >= 11 is 0. The predicted molar refractivity (Wildman–Crippen MR) is 84.0 cm³/mol. The molecule has 1 aromatic carbocycles. The van der Waals surface area contributed by atoms with Crippen LogP contribution in [-0.4, -0.2) is 5.84 Å². The Morgan fingerprint density at radius 1 is 1.42 bits per heavy atom. The smallest absolute Gasteiger partial charge is 0.0965 e. The molecule has 1 aromatic rings. The maximum atomic E-state index is 5.66. The van der Waals surface area contributed by atoms with Gasteiger partial charge >= 0.3 is 0 Å². The van der Waals surface area contributed by atoms with Crippen molar-refractivity contribution in [2.24, 2.45) is 10.7 Å². The number of hydrogen-bond acceptors (Lipinski definition) is 1. The molecule has 0 aromatic heterocycles. The molecule has 0 amide bonds. The van der Waals surface area contributed by atoms with Crippen molar-refractivity contribution in [3.63, 3.8) is 0 Å². The quantitative estimate of drug-likeness (QED) is 0.456. The van der Waals surface area contributed by atoms with Crippen LogP contribution in [0, 0.1) is 6.92 Å². The Labute approximate surface area is 116 Å². The second kappa shape index (κ2) is 7.60. The van der Waals surface area contributed by atoms with Crippen molar-refractivity contribution in [1.29, 1.82) is 0 Å². The molecule has 0 saturated carbocycles. The Morgan fingerprint density at radius 2 is 2.16 bits per heavy atom. The summed E-state index contributed by atoms with van der Waals surface area (Å²) in [6, 6.07) is 6.34. The largest absolute Gasteiger partial charge is 0.387 e. The molecule has 0 heterocycles. The lowest BCUT2D eigenvalue weighted by atomic mass is 9.99. The average molecular weight is 256 g/mol. The Hall–Kier alpha value is -1.79. The van der Waals surface area contributed by atoms with E-state index < -0.39 is 0 Å². The van der Waals surface area contributed by atoms with Gasteiger partial charge in [-0.25, -0.2) is 4.99 Å². The van der Waals surface area contributed by atoms with Crippen molar-refractivity contribution in [3.05, 3.63) is 47.2 Å². The number of benzene rings is 1. The van der Waals surface area contributed by atoms with Crippen LogP contribution in [0.5, 0.6) is 0 Å². The fourth-order valence-electron chi connectivity index (χ4n) is 1.95.